The molecule has 6 nitrogen and oxygen atoms in total. The Morgan fingerprint density at radius 2 is 1.05 bits per heavy atom. The second-order valence-corrected chi connectivity index (χ2v) is 11.2. The van der Waals surface area contributed by atoms with E-state index in [4.69, 9.17) is 33.7 Å². The molecule has 0 unspecified atom stereocenters. The summed E-state index contributed by atoms with van der Waals surface area (Å²) < 4.78 is 5.18. The van der Waals surface area contributed by atoms with Gasteiger partial charge in [0.1, 0.15) is 5.60 Å². The maximum Gasteiger partial charge on any atom is 0.412 e. The van der Waals surface area contributed by atoms with E-state index in [0.29, 0.717) is 43.7 Å². The molecule has 9 heteroatoms. The van der Waals surface area contributed by atoms with Crippen LogP contribution >= 0.6 is 35.6 Å². The first-order valence-electron chi connectivity index (χ1n) is 12.8. The number of amides is 1. The van der Waals surface area contributed by atoms with Crippen LogP contribution in [0.15, 0.2) is 84.9 Å². The second kappa shape index (κ2) is 14.9. The van der Waals surface area contributed by atoms with Gasteiger partial charge in [-0.3, -0.25) is 14.9 Å². The highest BCUT2D eigenvalue weighted by atomic mass is 35.5. The first-order valence-corrected chi connectivity index (χ1v) is 13.6. The second-order valence-electron chi connectivity index (χ2n) is 10.4. The molecule has 0 bridgehead atoms. The molecule has 4 aromatic rings. The van der Waals surface area contributed by atoms with Gasteiger partial charge in [-0.1, -0.05) is 23.2 Å². The molecule has 4 rings (SSSR count). The Kier molecular flexibility index (Phi) is 12.2. The third kappa shape index (κ3) is 9.91. The molecule has 0 spiro atoms. The van der Waals surface area contributed by atoms with Gasteiger partial charge >= 0.3 is 6.09 Å². The predicted octanol–water partition coefficient (Wildman–Crippen LogP) is 9.11. The number of halogens is 3. The van der Waals surface area contributed by atoms with Crippen LogP contribution in [0.25, 0.3) is 0 Å². The van der Waals surface area contributed by atoms with Crippen molar-refractivity contribution in [2.24, 2.45) is 0 Å². The Morgan fingerprint density at radius 3 is 1.43 bits per heavy atom. The van der Waals surface area contributed by atoms with Crippen LogP contribution in [0.1, 0.15) is 63.7 Å². The van der Waals surface area contributed by atoms with Crippen LogP contribution in [0.2, 0.25) is 10.0 Å². The van der Waals surface area contributed by atoms with Crippen molar-refractivity contribution in [1.29, 1.82) is 0 Å². The fourth-order valence-electron chi connectivity index (χ4n) is 3.67. The molecule has 0 saturated heterocycles. The van der Waals surface area contributed by atoms with Crippen LogP contribution in [-0.4, -0.2) is 23.3 Å². The minimum atomic E-state index is -0.563. The van der Waals surface area contributed by atoms with Crippen molar-refractivity contribution in [3.63, 3.8) is 0 Å². The summed E-state index contributed by atoms with van der Waals surface area (Å²) in [6.07, 6.45) is -0.532. The van der Waals surface area contributed by atoms with E-state index in [1.54, 1.807) is 106 Å². The van der Waals surface area contributed by atoms with Crippen LogP contribution in [-0.2, 0) is 4.74 Å². The molecule has 3 N–H and O–H groups in total. The summed E-state index contributed by atoms with van der Waals surface area (Å²) in [5.41, 5.74) is 10.3. The highest BCUT2D eigenvalue weighted by Gasteiger charge is 2.17. The summed E-state index contributed by atoms with van der Waals surface area (Å²) in [4.78, 5) is 36.3. The number of benzene rings is 4. The zero-order valence-corrected chi connectivity index (χ0v) is 26.3. The molecular formula is C33H33Cl3N2O4. The van der Waals surface area contributed by atoms with Crippen molar-refractivity contribution in [3.8, 4) is 0 Å². The number of anilines is 2. The zero-order valence-electron chi connectivity index (χ0n) is 24.0. The third-order valence-corrected chi connectivity index (χ3v) is 6.65. The normalized spacial score (nSPS) is 10.5. The maximum absolute atomic E-state index is 12.5. The number of nitrogen functional groups attached to an aromatic ring is 1. The Hall–Kier alpha value is -3.84. The monoisotopic (exact) mass is 626 g/mol. The molecule has 42 heavy (non-hydrogen) atoms. The van der Waals surface area contributed by atoms with E-state index in [-0.39, 0.29) is 24.0 Å². The maximum atomic E-state index is 12.5. The van der Waals surface area contributed by atoms with E-state index >= 15 is 0 Å². The number of ether oxygens (including phenoxy) is 1. The molecular weight excluding hydrogens is 595 g/mol. The minimum absolute atomic E-state index is 0. The molecule has 0 saturated carbocycles. The van der Waals surface area contributed by atoms with Crippen molar-refractivity contribution >= 4 is 64.6 Å². The minimum Gasteiger partial charge on any atom is -0.444 e. The molecule has 0 fully saturated rings. The fraction of sp³-hybridized carbons (Fsp3) is 0.182. The molecule has 220 valence electrons. The van der Waals surface area contributed by atoms with Crippen molar-refractivity contribution < 1.29 is 19.1 Å². The quantitative estimate of drug-likeness (QED) is 0.170. The van der Waals surface area contributed by atoms with E-state index in [1.165, 1.54) is 0 Å². The van der Waals surface area contributed by atoms with E-state index < -0.39 is 11.7 Å². The molecule has 0 aliphatic heterocycles. The molecule has 1 amide bonds. The lowest BCUT2D eigenvalue weighted by atomic mass is 10.0. The molecule has 0 radical (unpaired) electrons. The van der Waals surface area contributed by atoms with Gasteiger partial charge in [-0.05, 0) is 131 Å². The number of nitrogens with two attached hydrogens (primary N) is 1. The molecule has 0 aliphatic carbocycles. The fourth-order valence-corrected chi connectivity index (χ4v) is 3.90. The van der Waals surface area contributed by atoms with E-state index in [1.807, 2.05) is 13.8 Å². The first kappa shape index (κ1) is 34.4. The lowest BCUT2D eigenvalue weighted by Crippen LogP contribution is -2.27. The highest BCUT2D eigenvalue weighted by Crippen LogP contribution is 2.21. The Labute approximate surface area is 262 Å². The Bertz CT molecular complexity index is 1560. The van der Waals surface area contributed by atoms with Gasteiger partial charge in [-0.25, -0.2) is 4.79 Å². The van der Waals surface area contributed by atoms with Gasteiger partial charge in [0.05, 0.1) is 0 Å². The summed E-state index contributed by atoms with van der Waals surface area (Å²) in [6, 6.07) is 24.0. The summed E-state index contributed by atoms with van der Waals surface area (Å²) in [5, 5.41) is 3.92. The van der Waals surface area contributed by atoms with Gasteiger partial charge < -0.3 is 10.5 Å². The van der Waals surface area contributed by atoms with Gasteiger partial charge in [0.25, 0.3) is 0 Å². The lowest BCUT2D eigenvalue weighted by Gasteiger charge is -2.19. The van der Waals surface area contributed by atoms with Crippen molar-refractivity contribution in [2.75, 3.05) is 11.1 Å². The molecule has 0 aliphatic rings. The van der Waals surface area contributed by atoms with E-state index in [2.05, 4.69) is 5.32 Å². The Balaban J connectivity index is 0.000000302. The number of nitrogens with one attached hydrogen (secondary N) is 1. The number of ketones is 2. The Morgan fingerprint density at radius 1 is 0.667 bits per heavy atom. The SMILES string of the molecule is Cc1cc(C(=O)c2ccc(N)cc2)ccc1Cl.Cc1cc(C(=O)c2ccc(NC(=O)OC(C)(C)C)cc2)ccc1Cl.Cl. The predicted molar refractivity (Wildman–Crippen MR) is 174 cm³/mol. The van der Waals surface area contributed by atoms with Crippen LogP contribution < -0.4 is 11.1 Å². The van der Waals surface area contributed by atoms with Gasteiger partial charge in [-0.2, -0.15) is 0 Å². The standard InChI is InChI=1S/C19H20ClNO3.C14H12ClNO.ClH/c1-12-11-14(7-10-16(12)20)17(22)13-5-8-15(9-6-13)21-18(23)24-19(2,3)4;1-9-8-11(4-7-13(9)15)14(17)10-2-5-12(16)6-3-10;/h5-11H,1-4H3,(H,21,23);2-8H,16H2,1H3;1H. The largest absolute Gasteiger partial charge is 0.444 e. The van der Waals surface area contributed by atoms with Crippen LogP contribution in [0, 0.1) is 13.8 Å². The lowest BCUT2D eigenvalue weighted by molar-refractivity contribution is 0.0635. The summed E-state index contributed by atoms with van der Waals surface area (Å²) in [5.74, 6) is -0.122. The number of carbonyl (C=O) groups is 3. The van der Waals surface area contributed by atoms with Gasteiger partial charge in [-0.15, -0.1) is 12.4 Å². The van der Waals surface area contributed by atoms with Gasteiger partial charge in [0, 0.05) is 43.7 Å². The number of hydrogen-bond donors (Lipinski definition) is 2. The smallest absolute Gasteiger partial charge is 0.412 e. The average molecular weight is 628 g/mol. The van der Waals surface area contributed by atoms with E-state index in [0.717, 1.165) is 11.1 Å². The van der Waals surface area contributed by atoms with Crippen molar-refractivity contribution in [2.45, 2.75) is 40.2 Å². The number of aryl methyl sites for hydroxylation is 2. The molecule has 4 aromatic carbocycles. The molecule has 0 heterocycles. The molecule has 0 aromatic heterocycles. The van der Waals surface area contributed by atoms with Crippen molar-refractivity contribution in [1.82, 2.24) is 0 Å². The van der Waals surface area contributed by atoms with Gasteiger partial charge in [0.15, 0.2) is 11.6 Å². The number of carbonyl (C=O) groups excluding carboxylic acids is 3. The summed E-state index contributed by atoms with van der Waals surface area (Å²) in [7, 11) is 0. The van der Waals surface area contributed by atoms with Crippen LogP contribution in [0.5, 0.6) is 0 Å². The summed E-state index contributed by atoms with van der Waals surface area (Å²) in [6.45, 7) is 9.11. The summed E-state index contributed by atoms with van der Waals surface area (Å²) >= 11 is 11.9. The highest BCUT2D eigenvalue weighted by molar-refractivity contribution is 6.31. The van der Waals surface area contributed by atoms with Crippen LogP contribution in [0.4, 0.5) is 16.2 Å². The zero-order chi connectivity index (χ0) is 30.3. The first-order chi connectivity index (χ1) is 19.2. The van der Waals surface area contributed by atoms with Gasteiger partial charge in [0.2, 0.25) is 0 Å². The van der Waals surface area contributed by atoms with Crippen LogP contribution in [0.3, 0.4) is 0 Å². The van der Waals surface area contributed by atoms with E-state index in [9.17, 15) is 14.4 Å². The van der Waals surface area contributed by atoms with Crippen molar-refractivity contribution in [3.05, 3.63) is 128 Å². The average Bonchev–Trinajstić information content (AvgIpc) is 2.91. The topological polar surface area (TPSA) is 98.5 Å². The number of rotatable bonds is 5. The molecule has 0 atom stereocenters. The third-order valence-electron chi connectivity index (χ3n) is 5.81. The number of hydrogen-bond acceptors (Lipinski definition) is 5.